The van der Waals surface area contributed by atoms with Crippen LogP contribution in [-0.4, -0.2) is 23.5 Å². The van der Waals surface area contributed by atoms with Gasteiger partial charge in [-0.1, -0.05) is 0 Å². The Bertz CT molecular complexity index is 448. The van der Waals surface area contributed by atoms with E-state index in [0.717, 1.165) is 10.7 Å². The fourth-order valence-electron chi connectivity index (χ4n) is 0.952. The number of hydrogen-bond donors (Lipinski definition) is 2. The molecule has 7 heteroatoms. The van der Waals surface area contributed by atoms with Crippen molar-refractivity contribution in [3.05, 3.63) is 28.4 Å². The number of amides is 1. The first-order valence-electron chi connectivity index (χ1n) is 4.07. The monoisotopic (exact) mass is 557 g/mol. The topological polar surface area (TPSA) is 66.4 Å². The van der Waals surface area contributed by atoms with Crippen LogP contribution in [0, 0.1) is 10.7 Å². The molecule has 2 N–H and O–H groups in total. The molecule has 0 saturated heterocycles. The third-order valence-corrected chi connectivity index (χ3v) is 6.88. The molecule has 0 radical (unpaired) electrons. The summed E-state index contributed by atoms with van der Waals surface area (Å²) in [6.07, 6.45) is 0. The van der Waals surface area contributed by atoms with Crippen LogP contribution in [0.2, 0.25) is 0 Å². The molecule has 0 unspecified atom stereocenters. The Hall–Kier alpha value is 0.350. The first kappa shape index (κ1) is 14.4. The highest BCUT2D eigenvalue weighted by Crippen LogP contribution is 2.24. The first-order chi connectivity index (χ1) is 7.43. The average molecular weight is 557 g/mol. The number of nitrogens with one attached hydrogen (secondary N) is 1. The van der Waals surface area contributed by atoms with E-state index in [1.165, 1.54) is 0 Å². The second-order valence-electron chi connectivity index (χ2n) is 2.80. The van der Waals surface area contributed by atoms with Crippen LogP contribution in [0.1, 0.15) is 10.4 Å². The zero-order valence-corrected chi connectivity index (χ0v) is 14.2. The number of hydrogen-bond acceptors (Lipinski definition) is 2. The van der Waals surface area contributed by atoms with Gasteiger partial charge in [0.1, 0.15) is 6.54 Å². The molecule has 1 rings (SSSR count). The average Bonchev–Trinajstić information content (AvgIpc) is 2.23. The number of benzene rings is 1. The molecule has 0 aliphatic heterocycles. The summed E-state index contributed by atoms with van der Waals surface area (Å²) in [6, 6.07) is 3.53. The van der Waals surface area contributed by atoms with Crippen molar-refractivity contribution in [2.45, 2.75) is 0 Å². The van der Waals surface area contributed by atoms with Gasteiger partial charge in [0.05, 0.1) is 5.56 Å². The van der Waals surface area contributed by atoms with Gasteiger partial charge in [-0.25, -0.2) is 0 Å². The molecule has 0 fully saturated rings. The largest absolute Gasteiger partial charge is 0.480 e. The van der Waals surface area contributed by atoms with E-state index in [1.807, 2.05) is 6.07 Å². The Kier molecular flexibility index (Phi) is 5.70. The normalized spacial score (nSPS) is 9.94. The van der Waals surface area contributed by atoms with Crippen LogP contribution < -0.4 is 5.32 Å². The van der Waals surface area contributed by atoms with Crippen molar-refractivity contribution >= 4 is 79.6 Å². The molecule has 0 aliphatic rings. The Balaban J connectivity index is 2.92. The van der Waals surface area contributed by atoms with E-state index in [2.05, 4.69) is 73.1 Å². The molecule has 1 amide bonds. The van der Waals surface area contributed by atoms with Crippen LogP contribution in [0.5, 0.6) is 0 Å². The van der Waals surface area contributed by atoms with Crippen molar-refractivity contribution in [3.63, 3.8) is 0 Å². The maximum Gasteiger partial charge on any atom is 0.322 e. The van der Waals surface area contributed by atoms with Crippen molar-refractivity contribution < 1.29 is 14.7 Å². The summed E-state index contributed by atoms with van der Waals surface area (Å²) in [5.41, 5.74) is 0.506. The van der Waals surface area contributed by atoms with Gasteiger partial charge in [0.2, 0.25) is 0 Å². The van der Waals surface area contributed by atoms with Crippen LogP contribution in [-0.2, 0) is 4.79 Å². The summed E-state index contributed by atoms with van der Waals surface area (Å²) in [7, 11) is 0. The quantitative estimate of drug-likeness (QED) is 0.444. The summed E-state index contributed by atoms with van der Waals surface area (Å²) in [5.74, 6) is -1.41. The van der Waals surface area contributed by atoms with E-state index >= 15 is 0 Å². The third kappa shape index (κ3) is 3.68. The highest BCUT2D eigenvalue weighted by atomic mass is 127. The number of rotatable bonds is 3. The standard InChI is InChI=1S/C9H6I3NO3/c10-5-2-1-4(7(11)8(5)12)9(16)13-3-6(14)15/h1-2H,3H2,(H,13,16)(H,14,15). The molecule has 0 bridgehead atoms. The lowest BCUT2D eigenvalue weighted by atomic mass is 10.2. The molecule has 0 heterocycles. The molecular formula is C9H6I3NO3. The highest BCUT2D eigenvalue weighted by molar-refractivity contribution is 14.1. The molecule has 0 aromatic heterocycles. The molecule has 4 nitrogen and oxygen atoms in total. The summed E-state index contributed by atoms with van der Waals surface area (Å²) in [6.45, 7) is -0.364. The lowest BCUT2D eigenvalue weighted by molar-refractivity contribution is -0.135. The number of carbonyl (C=O) groups is 2. The smallest absolute Gasteiger partial charge is 0.322 e. The van der Waals surface area contributed by atoms with Gasteiger partial charge in [0, 0.05) is 10.7 Å². The fraction of sp³-hybridized carbons (Fsp3) is 0.111. The van der Waals surface area contributed by atoms with Crippen LogP contribution in [0.3, 0.4) is 0 Å². The minimum atomic E-state index is -1.05. The van der Waals surface area contributed by atoms with E-state index < -0.39 is 5.97 Å². The van der Waals surface area contributed by atoms with E-state index in [1.54, 1.807) is 6.07 Å². The summed E-state index contributed by atoms with van der Waals surface area (Å²) in [5, 5.41) is 10.8. The van der Waals surface area contributed by atoms with Gasteiger partial charge in [0.15, 0.2) is 0 Å². The zero-order valence-electron chi connectivity index (χ0n) is 7.76. The maximum atomic E-state index is 11.6. The van der Waals surface area contributed by atoms with E-state index in [9.17, 15) is 9.59 Å². The Morgan fingerprint density at radius 2 is 1.81 bits per heavy atom. The molecule has 16 heavy (non-hydrogen) atoms. The Morgan fingerprint density at radius 3 is 2.38 bits per heavy atom. The molecule has 1 aromatic carbocycles. The first-order valence-corrected chi connectivity index (χ1v) is 7.30. The van der Waals surface area contributed by atoms with E-state index in [-0.39, 0.29) is 12.5 Å². The zero-order chi connectivity index (χ0) is 12.3. The number of halogens is 3. The lowest BCUT2D eigenvalue weighted by Crippen LogP contribution is -2.30. The number of carbonyl (C=O) groups excluding carboxylic acids is 1. The molecular weight excluding hydrogens is 551 g/mol. The second kappa shape index (κ2) is 6.33. The van der Waals surface area contributed by atoms with Crippen molar-refractivity contribution in [1.29, 1.82) is 0 Å². The predicted molar refractivity (Wildman–Crippen MR) is 84.6 cm³/mol. The van der Waals surface area contributed by atoms with Crippen LogP contribution in [0.25, 0.3) is 0 Å². The predicted octanol–water partition coefficient (Wildman–Crippen LogP) is 2.31. The Morgan fingerprint density at radius 1 is 1.19 bits per heavy atom. The van der Waals surface area contributed by atoms with Crippen molar-refractivity contribution in [3.8, 4) is 0 Å². The number of carboxylic acid groups (broad SMARTS) is 1. The summed E-state index contributed by atoms with van der Waals surface area (Å²) in [4.78, 5) is 22.0. The van der Waals surface area contributed by atoms with E-state index in [4.69, 9.17) is 5.11 Å². The Labute approximate surface area is 133 Å². The van der Waals surface area contributed by atoms with E-state index in [0.29, 0.717) is 5.56 Å². The van der Waals surface area contributed by atoms with Crippen LogP contribution >= 0.6 is 67.8 Å². The molecule has 0 atom stereocenters. The second-order valence-corrected chi connectivity index (χ2v) is 6.12. The summed E-state index contributed by atoms with van der Waals surface area (Å²) >= 11 is 6.42. The lowest BCUT2D eigenvalue weighted by Gasteiger charge is -2.07. The number of aliphatic carboxylic acids is 1. The van der Waals surface area contributed by atoms with Gasteiger partial charge in [-0.2, -0.15) is 0 Å². The SMILES string of the molecule is O=C(O)CNC(=O)c1ccc(I)c(I)c1I. The summed E-state index contributed by atoms with van der Waals surface area (Å²) < 4.78 is 2.91. The van der Waals surface area contributed by atoms with Crippen molar-refractivity contribution in [1.82, 2.24) is 5.32 Å². The molecule has 86 valence electrons. The number of carboxylic acids is 1. The van der Waals surface area contributed by atoms with Crippen LogP contribution in [0.15, 0.2) is 12.1 Å². The fourth-order valence-corrected chi connectivity index (χ4v) is 3.10. The molecule has 0 aliphatic carbocycles. The maximum absolute atomic E-state index is 11.6. The molecule has 0 spiro atoms. The minimum Gasteiger partial charge on any atom is -0.480 e. The van der Waals surface area contributed by atoms with Crippen LogP contribution in [0.4, 0.5) is 0 Å². The van der Waals surface area contributed by atoms with Gasteiger partial charge in [-0.3, -0.25) is 9.59 Å². The third-order valence-electron chi connectivity index (χ3n) is 1.68. The minimum absolute atomic E-state index is 0.360. The van der Waals surface area contributed by atoms with Gasteiger partial charge in [-0.15, -0.1) is 0 Å². The van der Waals surface area contributed by atoms with Gasteiger partial charge in [0.25, 0.3) is 5.91 Å². The van der Waals surface area contributed by atoms with Crippen molar-refractivity contribution in [2.24, 2.45) is 0 Å². The van der Waals surface area contributed by atoms with Gasteiger partial charge < -0.3 is 10.4 Å². The van der Waals surface area contributed by atoms with Crippen molar-refractivity contribution in [2.75, 3.05) is 6.54 Å². The van der Waals surface area contributed by atoms with Gasteiger partial charge in [-0.05, 0) is 79.9 Å². The molecule has 1 aromatic rings. The molecule has 0 saturated carbocycles. The highest BCUT2D eigenvalue weighted by Gasteiger charge is 2.14. The van der Waals surface area contributed by atoms with Gasteiger partial charge >= 0.3 is 5.97 Å².